The molecule has 0 aromatic carbocycles. The Morgan fingerprint density at radius 2 is 2.29 bits per heavy atom. The predicted molar refractivity (Wildman–Crippen MR) is 50.9 cm³/mol. The van der Waals surface area contributed by atoms with E-state index >= 15 is 0 Å². The van der Waals surface area contributed by atoms with Crippen molar-refractivity contribution in [3.8, 4) is 0 Å². The lowest BCUT2D eigenvalue weighted by atomic mass is 10.2. The van der Waals surface area contributed by atoms with Crippen LogP contribution in [-0.4, -0.2) is 36.2 Å². The summed E-state index contributed by atoms with van der Waals surface area (Å²) in [5, 5.41) is 11.2. The van der Waals surface area contributed by atoms with Gasteiger partial charge < -0.3 is 9.84 Å². The molecule has 0 bridgehead atoms. The van der Waals surface area contributed by atoms with Crippen LogP contribution in [0.15, 0.2) is 12.7 Å². The molecule has 5 heteroatoms. The third kappa shape index (κ3) is 5.31. The van der Waals surface area contributed by atoms with E-state index in [1.807, 2.05) is 0 Å². The van der Waals surface area contributed by atoms with E-state index in [1.165, 1.54) is 6.08 Å². The minimum absolute atomic E-state index is 0.0986. The number of rotatable bonds is 7. The fourth-order valence-corrected chi connectivity index (χ4v) is 0.816. The van der Waals surface area contributed by atoms with Crippen LogP contribution in [-0.2, 0) is 14.3 Å². The second-order valence-electron chi connectivity index (χ2n) is 2.65. The van der Waals surface area contributed by atoms with Crippen molar-refractivity contribution >= 4 is 11.9 Å². The highest BCUT2D eigenvalue weighted by Gasteiger charge is 2.15. The van der Waals surface area contributed by atoms with Crippen LogP contribution < -0.4 is 5.32 Å². The van der Waals surface area contributed by atoms with Crippen molar-refractivity contribution in [3.63, 3.8) is 0 Å². The Bertz CT molecular complexity index is 215. The first kappa shape index (κ1) is 12.6. The van der Waals surface area contributed by atoms with Gasteiger partial charge in [0.25, 0.3) is 0 Å². The normalized spacial score (nSPS) is 11.8. The van der Waals surface area contributed by atoms with Gasteiger partial charge in [-0.3, -0.25) is 14.9 Å². The van der Waals surface area contributed by atoms with Crippen molar-refractivity contribution in [2.24, 2.45) is 0 Å². The summed E-state index contributed by atoms with van der Waals surface area (Å²) in [4.78, 5) is 21.4. The van der Waals surface area contributed by atoms with Crippen molar-refractivity contribution in [3.05, 3.63) is 12.7 Å². The van der Waals surface area contributed by atoms with Gasteiger partial charge in [-0.2, -0.15) is 0 Å². The summed E-state index contributed by atoms with van der Waals surface area (Å²) < 4.78 is 4.65. The molecule has 0 aromatic rings. The van der Waals surface area contributed by atoms with E-state index in [0.29, 0.717) is 6.42 Å². The Kier molecular flexibility index (Phi) is 6.39. The van der Waals surface area contributed by atoms with Crippen molar-refractivity contribution in [1.82, 2.24) is 5.32 Å². The molecule has 0 heterocycles. The van der Waals surface area contributed by atoms with Crippen molar-refractivity contribution < 1.29 is 19.4 Å². The van der Waals surface area contributed by atoms with Gasteiger partial charge in [-0.05, 0) is 6.42 Å². The summed E-state index contributed by atoms with van der Waals surface area (Å²) in [5.74, 6) is -1.45. The molecule has 0 saturated heterocycles. The predicted octanol–water partition coefficient (Wildman–Crippen LogP) is 0.168. The molecule has 0 amide bonds. The monoisotopic (exact) mass is 201 g/mol. The number of ether oxygens (including phenoxy) is 1. The molecule has 5 nitrogen and oxygen atoms in total. The van der Waals surface area contributed by atoms with Gasteiger partial charge >= 0.3 is 11.9 Å². The van der Waals surface area contributed by atoms with Crippen LogP contribution in [0.3, 0.4) is 0 Å². The number of nitrogens with one attached hydrogen (secondary N) is 1. The smallest absolute Gasteiger partial charge is 0.320 e. The highest BCUT2D eigenvalue weighted by molar-refractivity contribution is 5.76. The van der Waals surface area contributed by atoms with Crippen molar-refractivity contribution in [2.45, 2.75) is 19.4 Å². The molecule has 14 heavy (non-hydrogen) atoms. The van der Waals surface area contributed by atoms with Gasteiger partial charge in [-0.25, -0.2) is 0 Å². The zero-order valence-electron chi connectivity index (χ0n) is 8.16. The first-order chi connectivity index (χ1) is 6.61. The van der Waals surface area contributed by atoms with Crippen LogP contribution in [0.2, 0.25) is 0 Å². The first-order valence-corrected chi connectivity index (χ1v) is 4.34. The lowest BCUT2D eigenvalue weighted by Crippen LogP contribution is -2.39. The molecule has 2 N–H and O–H groups in total. The summed E-state index contributed by atoms with van der Waals surface area (Å²) in [5.41, 5.74) is 0. The number of hydrogen-bond acceptors (Lipinski definition) is 4. The van der Waals surface area contributed by atoms with Gasteiger partial charge in [0.15, 0.2) is 0 Å². The van der Waals surface area contributed by atoms with Crippen molar-refractivity contribution in [2.75, 3.05) is 13.2 Å². The second-order valence-corrected chi connectivity index (χ2v) is 2.65. The molecule has 0 aliphatic heterocycles. The summed E-state index contributed by atoms with van der Waals surface area (Å²) >= 11 is 0. The highest BCUT2D eigenvalue weighted by atomic mass is 16.5. The topological polar surface area (TPSA) is 75.6 Å². The third-order valence-electron chi connectivity index (χ3n) is 1.56. The minimum Gasteiger partial charge on any atom is -0.480 e. The molecule has 1 atom stereocenters. The summed E-state index contributed by atoms with van der Waals surface area (Å²) in [6, 6.07) is -0.703. The average molecular weight is 201 g/mol. The molecule has 0 fully saturated rings. The van der Waals surface area contributed by atoms with Crippen LogP contribution in [0, 0.1) is 0 Å². The number of carboxylic acids is 1. The molecule has 1 unspecified atom stereocenters. The molecule has 0 saturated carbocycles. The van der Waals surface area contributed by atoms with E-state index in [1.54, 1.807) is 6.92 Å². The zero-order chi connectivity index (χ0) is 11.0. The maximum atomic E-state index is 10.9. The van der Waals surface area contributed by atoms with Gasteiger partial charge in [0.05, 0.1) is 6.54 Å². The summed E-state index contributed by atoms with van der Waals surface area (Å²) in [6.45, 7) is 5.15. The molecule has 80 valence electrons. The first-order valence-electron chi connectivity index (χ1n) is 4.34. The number of carbonyl (C=O) groups excluding carboxylic acids is 1. The second kappa shape index (κ2) is 7.08. The summed E-state index contributed by atoms with van der Waals surface area (Å²) in [6.07, 6.45) is 1.87. The van der Waals surface area contributed by atoms with Gasteiger partial charge in [-0.15, -0.1) is 0 Å². The number of esters is 1. The average Bonchev–Trinajstić information content (AvgIpc) is 2.15. The number of hydrogen-bond donors (Lipinski definition) is 2. The zero-order valence-corrected chi connectivity index (χ0v) is 8.16. The molecule has 0 spiro atoms. The van der Waals surface area contributed by atoms with Gasteiger partial charge in [-0.1, -0.05) is 19.6 Å². The summed E-state index contributed by atoms with van der Waals surface area (Å²) in [7, 11) is 0. The standard InChI is InChI=1S/C9H15NO4/c1-3-5-14-8(11)6-10-7(4-2)9(12)13/h3,7,10H,1,4-6H2,2H3,(H,12,13). The fourth-order valence-electron chi connectivity index (χ4n) is 0.816. The fraction of sp³-hybridized carbons (Fsp3) is 0.556. The van der Waals surface area contributed by atoms with Gasteiger partial charge in [0.2, 0.25) is 0 Å². The maximum Gasteiger partial charge on any atom is 0.320 e. The Hall–Kier alpha value is -1.36. The van der Waals surface area contributed by atoms with E-state index in [0.717, 1.165) is 0 Å². The van der Waals surface area contributed by atoms with E-state index in [9.17, 15) is 9.59 Å². The molecule has 0 rings (SSSR count). The lowest BCUT2D eigenvalue weighted by molar-refractivity contribution is -0.142. The number of carbonyl (C=O) groups is 2. The minimum atomic E-state index is -0.968. The van der Waals surface area contributed by atoms with Gasteiger partial charge in [0, 0.05) is 0 Å². The Labute approximate surface area is 82.7 Å². The lowest BCUT2D eigenvalue weighted by Gasteiger charge is -2.10. The molecular weight excluding hydrogens is 186 g/mol. The highest BCUT2D eigenvalue weighted by Crippen LogP contribution is 1.90. The Balaban J connectivity index is 3.73. The van der Waals surface area contributed by atoms with Crippen LogP contribution >= 0.6 is 0 Å². The molecule has 0 aliphatic carbocycles. The van der Waals surface area contributed by atoms with Crippen LogP contribution in [0.1, 0.15) is 13.3 Å². The number of carboxylic acid groups (broad SMARTS) is 1. The molecule has 0 aliphatic rings. The van der Waals surface area contributed by atoms with Crippen LogP contribution in [0.5, 0.6) is 0 Å². The van der Waals surface area contributed by atoms with Crippen LogP contribution in [0.4, 0.5) is 0 Å². The van der Waals surface area contributed by atoms with Crippen LogP contribution in [0.25, 0.3) is 0 Å². The quantitative estimate of drug-likeness (QED) is 0.453. The third-order valence-corrected chi connectivity index (χ3v) is 1.56. The van der Waals surface area contributed by atoms with E-state index < -0.39 is 18.0 Å². The Morgan fingerprint density at radius 1 is 1.64 bits per heavy atom. The largest absolute Gasteiger partial charge is 0.480 e. The van der Waals surface area contributed by atoms with E-state index in [4.69, 9.17) is 5.11 Å². The molecule has 0 radical (unpaired) electrons. The van der Waals surface area contributed by atoms with Crippen molar-refractivity contribution in [1.29, 1.82) is 0 Å². The van der Waals surface area contributed by atoms with E-state index in [-0.39, 0.29) is 13.2 Å². The molecule has 0 aromatic heterocycles. The van der Waals surface area contributed by atoms with E-state index in [2.05, 4.69) is 16.6 Å². The molecular formula is C9H15NO4. The SMILES string of the molecule is C=CCOC(=O)CNC(CC)C(=O)O. The Morgan fingerprint density at radius 3 is 2.71 bits per heavy atom. The number of aliphatic carboxylic acids is 1. The van der Waals surface area contributed by atoms with Gasteiger partial charge in [0.1, 0.15) is 12.6 Å². The maximum absolute atomic E-state index is 10.9.